The minimum atomic E-state index is -0.0431. The zero-order chi connectivity index (χ0) is 45.0. The molecule has 2 aliphatic rings. The van der Waals surface area contributed by atoms with Crippen LogP contribution in [0.2, 0.25) is 0 Å². The van der Waals surface area contributed by atoms with Crippen molar-refractivity contribution in [2.24, 2.45) is 0 Å². The molecular weight excluding hydrogens is 833 g/mol. The van der Waals surface area contributed by atoms with Crippen molar-refractivity contribution in [1.29, 1.82) is 0 Å². The van der Waals surface area contributed by atoms with Gasteiger partial charge in [-0.05, 0) is 138 Å². The highest BCUT2D eigenvalue weighted by atomic mass is 15.0. The lowest BCUT2D eigenvalue weighted by molar-refractivity contribution is 0.543. The molecule has 0 saturated heterocycles. The van der Waals surface area contributed by atoms with Gasteiger partial charge in [-0.2, -0.15) is 0 Å². The Bertz CT molecular complexity index is 4260. The van der Waals surface area contributed by atoms with Crippen molar-refractivity contribution in [2.45, 2.75) is 31.1 Å². The molecule has 1 fully saturated rings. The van der Waals surface area contributed by atoms with E-state index >= 15 is 0 Å². The van der Waals surface area contributed by atoms with Crippen LogP contribution in [0.5, 0.6) is 0 Å². The molecule has 14 aromatic rings. The van der Waals surface area contributed by atoms with Crippen LogP contribution >= 0.6 is 0 Å². The Balaban J connectivity index is 1.01. The minimum Gasteiger partial charge on any atom is -0.309 e. The fraction of sp³-hybridized carbons (Fsp3) is 0.0746. The lowest BCUT2D eigenvalue weighted by Crippen LogP contribution is -2.27. The van der Waals surface area contributed by atoms with Crippen molar-refractivity contribution in [3.63, 3.8) is 0 Å². The first kappa shape index (κ1) is 37.6. The van der Waals surface area contributed by atoms with Crippen LogP contribution in [0.25, 0.3) is 131 Å². The molecule has 0 N–H and O–H groups in total. The Labute approximate surface area is 398 Å². The normalized spacial score (nSPS) is 14.3. The van der Waals surface area contributed by atoms with Gasteiger partial charge in [0.25, 0.3) is 0 Å². The lowest BCUT2D eigenvalue weighted by atomic mass is 9.66. The van der Waals surface area contributed by atoms with Crippen molar-refractivity contribution in [1.82, 2.24) is 9.13 Å². The first-order valence-corrected chi connectivity index (χ1v) is 24.7. The Hall–Kier alpha value is -8.46. The van der Waals surface area contributed by atoms with E-state index in [1.54, 1.807) is 0 Å². The van der Waals surface area contributed by atoms with Gasteiger partial charge in [-0.1, -0.05) is 183 Å². The molecule has 1 saturated carbocycles. The number of hydrogen-bond acceptors (Lipinski definition) is 0. The SMILES string of the molecule is c1ccc2c(-c3ccc4c(c3)c3ccccc3n4-c3cc4cc(-n5c6ccccc6c6cc(-c7cccc8ccccc78)ccc65)c5cccc6c5c4c4c(cccc34)C63CCCC3)cccc2c1. The summed E-state index contributed by atoms with van der Waals surface area (Å²) in [6, 6.07) is 82.9. The van der Waals surface area contributed by atoms with Gasteiger partial charge >= 0.3 is 0 Å². The van der Waals surface area contributed by atoms with Crippen molar-refractivity contribution < 1.29 is 0 Å². The van der Waals surface area contributed by atoms with Gasteiger partial charge in [0, 0.05) is 37.7 Å². The van der Waals surface area contributed by atoms with Gasteiger partial charge in [0.05, 0.1) is 33.4 Å². The summed E-state index contributed by atoms with van der Waals surface area (Å²) in [4.78, 5) is 0. The van der Waals surface area contributed by atoms with E-state index in [1.165, 1.54) is 168 Å². The summed E-state index contributed by atoms with van der Waals surface area (Å²) in [5, 5.41) is 18.4. The van der Waals surface area contributed by atoms with Gasteiger partial charge < -0.3 is 9.13 Å². The molecule has 0 bridgehead atoms. The molecule has 2 nitrogen and oxygen atoms in total. The van der Waals surface area contributed by atoms with Gasteiger partial charge in [-0.15, -0.1) is 0 Å². The third kappa shape index (κ3) is 5.00. The second-order valence-electron chi connectivity index (χ2n) is 19.9. The summed E-state index contributed by atoms with van der Waals surface area (Å²) in [6.07, 6.45) is 4.81. The van der Waals surface area contributed by atoms with Crippen molar-refractivity contribution in [3.8, 4) is 33.6 Å². The second kappa shape index (κ2) is 13.8. The summed E-state index contributed by atoms with van der Waals surface area (Å²) >= 11 is 0. The Kier molecular flexibility index (Phi) is 7.53. The first-order chi connectivity index (χ1) is 34.2. The molecule has 2 heterocycles. The topological polar surface area (TPSA) is 9.86 Å². The van der Waals surface area contributed by atoms with Crippen molar-refractivity contribution in [3.05, 3.63) is 230 Å². The van der Waals surface area contributed by atoms with Crippen LogP contribution in [0.3, 0.4) is 0 Å². The lowest BCUT2D eigenvalue weighted by Gasteiger charge is -2.37. The van der Waals surface area contributed by atoms with Gasteiger partial charge in [-0.25, -0.2) is 0 Å². The zero-order valence-corrected chi connectivity index (χ0v) is 38.0. The molecule has 0 unspecified atom stereocenters. The Morgan fingerprint density at radius 1 is 0.290 bits per heavy atom. The summed E-state index contributed by atoms with van der Waals surface area (Å²) in [7, 11) is 0. The van der Waals surface area contributed by atoms with Crippen LogP contribution < -0.4 is 0 Å². The average Bonchev–Trinajstić information content (AvgIpc) is 4.13. The fourth-order valence-corrected chi connectivity index (χ4v) is 13.7. The van der Waals surface area contributed by atoms with E-state index in [2.05, 4.69) is 228 Å². The maximum absolute atomic E-state index is 2.58. The van der Waals surface area contributed by atoms with Crippen LogP contribution in [0, 0.1) is 0 Å². The predicted molar refractivity (Wildman–Crippen MR) is 293 cm³/mol. The maximum Gasteiger partial charge on any atom is 0.0547 e. The molecule has 16 rings (SSSR count). The smallest absolute Gasteiger partial charge is 0.0547 e. The van der Waals surface area contributed by atoms with E-state index in [1.807, 2.05) is 0 Å². The Morgan fingerprint density at radius 2 is 0.696 bits per heavy atom. The number of aromatic nitrogens is 2. The van der Waals surface area contributed by atoms with E-state index < -0.39 is 0 Å². The quantitative estimate of drug-likeness (QED) is 0.156. The zero-order valence-electron chi connectivity index (χ0n) is 38.0. The van der Waals surface area contributed by atoms with Gasteiger partial charge in [0.1, 0.15) is 0 Å². The van der Waals surface area contributed by atoms with Gasteiger partial charge in [-0.3, -0.25) is 0 Å². The van der Waals surface area contributed by atoms with Crippen LogP contribution in [0.1, 0.15) is 36.8 Å². The van der Waals surface area contributed by atoms with Crippen LogP contribution in [-0.4, -0.2) is 9.13 Å². The molecule has 2 aromatic heterocycles. The number of benzene rings is 12. The van der Waals surface area contributed by atoms with E-state index in [4.69, 9.17) is 0 Å². The third-order valence-electron chi connectivity index (χ3n) is 16.6. The monoisotopic (exact) mass is 876 g/mol. The van der Waals surface area contributed by atoms with Gasteiger partial charge in [0.15, 0.2) is 0 Å². The van der Waals surface area contributed by atoms with Crippen molar-refractivity contribution >= 4 is 97.5 Å². The summed E-state index contributed by atoms with van der Waals surface area (Å²) in [5.41, 5.74) is 15.4. The standard InChI is InChI=1S/C67H44N2/c1-3-19-46-41(15-1)17-11-23-48(46)43-31-33-60-54(37-43)50-21-5-7-29-58(50)68(60)62-39-45-40-63(53-26-14-28-57-66(53)64(45)65-52(62)25-13-27-56(65)67(57)35-9-10-36-67)69-59-30-8-6-22-51(59)55-38-44(32-34-61(55)69)49-24-12-18-42-16-2-4-20-47(42)49/h1-8,11-34,37-40H,9-10,35-36H2. The molecule has 0 aliphatic heterocycles. The molecule has 0 atom stereocenters. The predicted octanol–water partition coefficient (Wildman–Crippen LogP) is 18.2. The highest BCUT2D eigenvalue weighted by Gasteiger charge is 2.43. The fourth-order valence-electron chi connectivity index (χ4n) is 13.7. The second-order valence-corrected chi connectivity index (χ2v) is 19.9. The van der Waals surface area contributed by atoms with E-state index in [0.717, 1.165) is 0 Å². The molecular formula is C67H44N2. The molecule has 2 heteroatoms. The molecule has 12 aromatic carbocycles. The number of rotatable bonds is 4. The minimum absolute atomic E-state index is 0.0431. The maximum atomic E-state index is 2.58. The van der Waals surface area contributed by atoms with Crippen molar-refractivity contribution in [2.75, 3.05) is 0 Å². The molecule has 322 valence electrons. The highest BCUT2D eigenvalue weighted by Crippen LogP contribution is 2.57. The Morgan fingerprint density at radius 3 is 1.20 bits per heavy atom. The molecule has 69 heavy (non-hydrogen) atoms. The van der Waals surface area contributed by atoms with Crippen LogP contribution in [0.4, 0.5) is 0 Å². The van der Waals surface area contributed by atoms with Crippen LogP contribution in [-0.2, 0) is 5.41 Å². The summed E-state index contributed by atoms with van der Waals surface area (Å²) in [6.45, 7) is 0. The van der Waals surface area contributed by atoms with E-state index in [0.29, 0.717) is 0 Å². The molecule has 2 aliphatic carbocycles. The average molecular weight is 877 g/mol. The molecule has 0 radical (unpaired) electrons. The third-order valence-corrected chi connectivity index (χ3v) is 16.6. The highest BCUT2D eigenvalue weighted by molar-refractivity contribution is 6.29. The molecule has 1 spiro atoms. The number of fused-ring (bicyclic) bond motifs is 10. The molecule has 0 amide bonds. The van der Waals surface area contributed by atoms with E-state index in [-0.39, 0.29) is 5.41 Å². The largest absolute Gasteiger partial charge is 0.309 e. The number of para-hydroxylation sites is 2. The van der Waals surface area contributed by atoms with Crippen LogP contribution in [0.15, 0.2) is 218 Å². The first-order valence-electron chi connectivity index (χ1n) is 24.7. The van der Waals surface area contributed by atoms with E-state index in [9.17, 15) is 0 Å². The number of nitrogens with zero attached hydrogens (tertiary/aromatic N) is 2. The summed E-state index contributed by atoms with van der Waals surface area (Å²) in [5.74, 6) is 0. The summed E-state index contributed by atoms with van der Waals surface area (Å²) < 4.78 is 5.16. The number of hydrogen-bond donors (Lipinski definition) is 0. The van der Waals surface area contributed by atoms with Gasteiger partial charge in [0.2, 0.25) is 0 Å².